The van der Waals surface area contributed by atoms with E-state index in [0.717, 1.165) is 60.8 Å². The Morgan fingerprint density at radius 1 is 0.323 bits per heavy atom. The van der Waals surface area contributed by atoms with Crippen LogP contribution >= 0.6 is 0 Å². The molecule has 0 amide bonds. The monoisotopic (exact) mass is 790 g/mol. The predicted octanol–water partition coefficient (Wildman–Crippen LogP) is 15.0. The number of fused-ring (bicyclic) bond motifs is 12. The fourth-order valence-electron chi connectivity index (χ4n) is 9.72. The number of aromatic nitrogens is 4. The molecule has 0 N–H and O–H groups in total. The maximum atomic E-state index is 6.90. The van der Waals surface area contributed by atoms with Crippen LogP contribution in [0.1, 0.15) is 0 Å². The van der Waals surface area contributed by atoms with E-state index in [0.29, 0.717) is 17.5 Å². The van der Waals surface area contributed by atoms with Crippen molar-refractivity contribution in [3.05, 3.63) is 206 Å². The first-order valence-electron chi connectivity index (χ1n) is 20.9. The van der Waals surface area contributed by atoms with Crippen molar-refractivity contribution in [2.45, 2.75) is 0 Å². The zero-order valence-corrected chi connectivity index (χ0v) is 33.3. The zero-order valence-electron chi connectivity index (χ0n) is 33.3. The average Bonchev–Trinajstić information content (AvgIpc) is 3.90. The lowest BCUT2D eigenvalue weighted by molar-refractivity contribution is 0.669. The van der Waals surface area contributed by atoms with Crippen LogP contribution in [0.25, 0.3) is 127 Å². The van der Waals surface area contributed by atoms with E-state index in [1.807, 2.05) is 30.3 Å². The second-order valence-electron chi connectivity index (χ2n) is 15.9. The molecule has 5 nitrogen and oxygen atoms in total. The molecule has 10 aromatic carbocycles. The SMILES string of the molecule is c1ccc(-c2nc(-c3ccc4c5ccccc5c5ccccc5c4c3)nc(-c3cccc4c3oc3cccc(-c5ccccc5-n5c6ccccc6c6ccccc65)c34)n2)cc1. The number of nitrogens with zero attached hydrogens (tertiary/aromatic N) is 4. The van der Waals surface area contributed by atoms with E-state index < -0.39 is 0 Å². The van der Waals surface area contributed by atoms with Crippen LogP contribution in [0.2, 0.25) is 0 Å². The van der Waals surface area contributed by atoms with E-state index in [1.165, 1.54) is 48.7 Å². The van der Waals surface area contributed by atoms with Gasteiger partial charge < -0.3 is 8.98 Å². The molecule has 0 aliphatic rings. The second-order valence-corrected chi connectivity index (χ2v) is 15.9. The number of para-hydroxylation sites is 4. The Labute approximate surface area is 355 Å². The van der Waals surface area contributed by atoms with Crippen molar-refractivity contribution in [2.24, 2.45) is 0 Å². The predicted molar refractivity (Wildman–Crippen MR) is 256 cm³/mol. The number of hydrogen-bond acceptors (Lipinski definition) is 4. The molecule has 13 aromatic rings. The van der Waals surface area contributed by atoms with E-state index in [4.69, 9.17) is 19.4 Å². The van der Waals surface area contributed by atoms with Gasteiger partial charge in [0.05, 0.1) is 22.3 Å². The minimum absolute atomic E-state index is 0.550. The molecule has 0 spiro atoms. The molecule has 13 rings (SSSR count). The van der Waals surface area contributed by atoms with E-state index in [-0.39, 0.29) is 0 Å². The standard InChI is InChI=1S/C57H34N4O/c1-2-16-35(17-3-1)55-58-56(36-32-33-41-39-20-5-4-18-37(39)38-19-6-7-21-40(38)48(41)34-36)60-57(59-55)47-27-14-26-46-53-45(25-15-31-52(53)62-54(46)47)44-24-10-13-30-51(44)61-49-28-11-8-22-42(49)43-23-9-12-29-50(43)61/h1-34H. The topological polar surface area (TPSA) is 56.7 Å². The summed E-state index contributed by atoms with van der Waals surface area (Å²) in [6.45, 7) is 0. The summed E-state index contributed by atoms with van der Waals surface area (Å²) in [4.78, 5) is 15.6. The maximum Gasteiger partial charge on any atom is 0.167 e. The van der Waals surface area contributed by atoms with Crippen LogP contribution in [0.3, 0.4) is 0 Å². The van der Waals surface area contributed by atoms with Crippen molar-refractivity contribution in [2.75, 3.05) is 0 Å². The van der Waals surface area contributed by atoms with Gasteiger partial charge in [-0.15, -0.1) is 0 Å². The molecule has 0 fully saturated rings. The van der Waals surface area contributed by atoms with Gasteiger partial charge in [0.15, 0.2) is 17.5 Å². The highest BCUT2D eigenvalue weighted by molar-refractivity contribution is 6.26. The summed E-state index contributed by atoms with van der Waals surface area (Å²) >= 11 is 0. The molecule has 62 heavy (non-hydrogen) atoms. The summed E-state index contributed by atoms with van der Waals surface area (Å²) in [5.74, 6) is 1.75. The van der Waals surface area contributed by atoms with Crippen LogP contribution in [0.15, 0.2) is 211 Å². The van der Waals surface area contributed by atoms with Crippen LogP contribution < -0.4 is 0 Å². The van der Waals surface area contributed by atoms with Gasteiger partial charge in [-0.25, -0.2) is 15.0 Å². The lowest BCUT2D eigenvalue weighted by atomic mass is 9.93. The van der Waals surface area contributed by atoms with Gasteiger partial charge in [-0.3, -0.25) is 0 Å². The molecule has 0 aliphatic carbocycles. The molecule has 0 saturated carbocycles. The van der Waals surface area contributed by atoms with E-state index in [2.05, 4.69) is 180 Å². The molecule has 3 heterocycles. The van der Waals surface area contributed by atoms with E-state index in [9.17, 15) is 0 Å². The van der Waals surface area contributed by atoms with Crippen LogP contribution in [0.4, 0.5) is 0 Å². The van der Waals surface area contributed by atoms with Crippen LogP contribution in [0.5, 0.6) is 0 Å². The quantitative estimate of drug-likeness (QED) is 0.163. The van der Waals surface area contributed by atoms with Gasteiger partial charge in [0, 0.05) is 38.2 Å². The second kappa shape index (κ2) is 13.6. The lowest BCUT2D eigenvalue weighted by Gasteiger charge is -2.14. The van der Waals surface area contributed by atoms with Crippen LogP contribution in [-0.4, -0.2) is 19.5 Å². The minimum Gasteiger partial charge on any atom is -0.455 e. The third-order valence-corrected chi connectivity index (χ3v) is 12.4. The maximum absolute atomic E-state index is 6.90. The van der Waals surface area contributed by atoms with Gasteiger partial charge in [-0.2, -0.15) is 0 Å². The highest BCUT2D eigenvalue weighted by atomic mass is 16.3. The van der Waals surface area contributed by atoms with Crippen molar-refractivity contribution >= 4 is 76.1 Å². The molecular formula is C57H34N4O. The Bertz CT molecular complexity index is 3850. The van der Waals surface area contributed by atoms with Crippen molar-refractivity contribution in [3.8, 4) is 51.0 Å². The summed E-state index contributed by atoms with van der Waals surface area (Å²) in [6.07, 6.45) is 0. The smallest absolute Gasteiger partial charge is 0.167 e. The molecule has 0 saturated heterocycles. The molecule has 3 aromatic heterocycles. The van der Waals surface area contributed by atoms with Crippen molar-refractivity contribution in [1.82, 2.24) is 19.5 Å². The number of benzene rings is 10. The summed E-state index contributed by atoms with van der Waals surface area (Å²) < 4.78 is 9.29. The first-order chi connectivity index (χ1) is 30.8. The van der Waals surface area contributed by atoms with Crippen LogP contribution in [0, 0.1) is 0 Å². The van der Waals surface area contributed by atoms with Crippen LogP contribution in [-0.2, 0) is 0 Å². The number of furan rings is 1. The molecular weight excluding hydrogens is 757 g/mol. The first-order valence-corrected chi connectivity index (χ1v) is 20.9. The van der Waals surface area contributed by atoms with E-state index in [1.54, 1.807) is 0 Å². The van der Waals surface area contributed by atoms with Crippen molar-refractivity contribution in [1.29, 1.82) is 0 Å². The summed E-state index contributed by atoms with van der Waals surface area (Å²) in [5.41, 5.74) is 9.81. The Morgan fingerprint density at radius 3 is 1.53 bits per heavy atom. The van der Waals surface area contributed by atoms with Gasteiger partial charge in [0.1, 0.15) is 11.2 Å². The summed E-state index contributed by atoms with van der Waals surface area (Å²) in [7, 11) is 0. The highest BCUT2D eigenvalue weighted by Gasteiger charge is 2.22. The lowest BCUT2D eigenvalue weighted by Crippen LogP contribution is -2.00. The third kappa shape index (κ3) is 5.18. The number of hydrogen-bond donors (Lipinski definition) is 0. The van der Waals surface area contributed by atoms with Gasteiger partial charge in [0.25, 0.3) is 0 Å². The van der Waals surface area contributed by atoms with Crippen molar-refractivity contribution in [3.63, 3.8) is 0 Å². The molecule has 288 valence electrons. The fraction of sp³-hybridized carbons (Fsp3) is 0. The largest absolute Gasteiger partial charge is 0.455 e. The van der Waals surface area contributed by atoms with E-state index >= 15 is 0 Å². The molecule has 0 bridgehead atoms. The zero-order chi connectivity index (χ0) is 40.7. The highest BCUT2D eigenvalue weighted by Crippen LogP contribution is 2.44. The Morgan fingerprint density at radius 2 is 0.823 bits per heavy atom. The summed E-state index contributed by atoms with van der Waals surface area (Å²) in [5, 5.41) is 11.7. The van der Waals surface area contributed by atoms with Gasteiger partial charge >= 0.3 is 0 Å². The van der Waals surface area contributed by atoms with Crippen molar-refractivity contribution < 1.29 is 4.42 Å². The van der Waals surface area contributed by atoms with Gasteiger partial charge in [0.2, 0.25) is 0 Å². The van der Waals surface area contributed by atoms with Gasteiger partial charge in [-0.05, 0) is 74.3 Å². The Balaban J connectivity index is 1.02. The Hall–Kier alpha value is -8.41. The third-order valence-electron chi connectivity index (χ3n) is 12.4. The first kappa shape index (κ1) is 34.5. The molecule has 0 unspecified atom stereocenters. The number of rotatable bonds is 5. The molecule has 0 atom stereocenters. The average molecular weight is 791 g/mol. The molecule has 0 aliphatic heterocycles. The minimum atomic E-state index is 0.550. The molecule has 0 radical (unpaired) electrons. The normalized spacial score (nSPS) is 11.9. The fourth-order valence-corrected chi connectivity index (χ4v) is 9.72. The Kier molecular flexibility index (Phi) is 7.54. The summed E-state index contributed by atoms with van der Waals surface area (Å²) in [6, 6.07) is 72.6. The molecule has 5 heteroatoms. The van der Waals surface area contributed by atoms with Gasteiger partial charge in [-0.1, -0.05) is 170 Å².